The lowest BCUT2D eigenvalue weighted by molar-refractivity contribution is -0.137. The predicted octanol–water partition coefficient (Wildman–Crippen LogP) is 6.57. The zero-order valence-electron chi connectivity index (χ0n) is 24.6. The van der Waals surface area contributed by atoms with Crippen molar-refractivity contribution in [3.8, 4) is 11.4 Å². The van der Waals surface area contributed by atoms with Gasteiger partial charge in [0.15, 0.2) is 5.65 Å². The van der Waals surface area contributed by atoms with Crippen LogP contribution in [0.1, 0.15) is 74.6 Å². The number of H-pyrrole nitrogens is 1. The number of fused-ring (bicyclic) bond motifs is 1. The third-order valence-electron chi connectivity index (χ3n) is 8.96. The zero-order valence-corrected chi connectivity index (χ0v) is 25.4. The largest absolute Gasteiger partial charge is 0.462 e. The number of carbonyl (C=O) groups is 1. The highest BCUT2D eigenvalue weighted by Gasteiger charge is 2.24. The van der Waals surface area contributed by atoms with E-state index in [-0.39, 0.29) is 17.2 Å². The van der Waals surface area contributed by atoms with E-state index in [4.69, 9.17) is 9.72 Å². The normalized spacial score (nSPS) is 16.7. The van der Waals surface area contributed by atoms with E-state index in [9.17, 15) is 14.4 Å². The number of rotatable bonds is 10. The predicted molar refractivity (Wildman–Crippen MR) is 171 cm³/mol. The molecule has 9 heteroatoms. The molecule has 0 aliphatic heterocycles. The number of esters is 1. The summed E-state index contributed by atoms with van der Waals surface area (Å²) in [7, 11) is 0. The van der Waals surface area contributed by atoms with Gasteiger partial charge in [-0.2, -0.15) is 0 Å². The van der Waals surface area contributed by atoms with Crippen LogP contribution in [0.15, 0.2) is 57.4 Å². The molecule has 0 bridgehead atoms. The number of imidazole rings is 1. The van der Waals surface area contributed by atoms with Gasteiger partial charge in [-0.05, 0) is 60.6 Å². The van der Waals surface area contributed by atoms with Gasteiger partial charge in [0.2, 0.25) is 0 Å². The average Bonchev–Trinajstić information content (AvgIpc) is 3.73. The van der Waals surface area contributed by atoms with Crippen LogP contribution in [-0.4, -0.2) is 31.7 Å². The first-order valence-electron chi connectivity index (χ1n) is 15.8. The molecule has 8 nitrogen and oxygen atoms in total. The molecule has 4 aromatic rings. The van der Waals surface area contributed by atoms with Crippen LogP contribution in [0.2, 0.25) is 0 Å². The Bertz CT molecular complexity index is 1670. The highest BCUT2D eigenvalue weighted by molar-refractivity contribution is 7.09. The molecule has 2 aliphatic rings. The molecule has 0 saturated heterocycles. The Balaban J connectivity index is 1.23. The van der Waals surface area contributed by atoms with E-state index < -0.39 is 0 Å². The first kappa shape index (κ1) is 29.4. The average molecular weight is 601 g/mol. The van der Waals surface area contributed by atoms with E-state index in [2.05, 4.69) is 4.98 Å². The maximum Gasteiger partial charge on any atom is 0.332 e. The number of hydrogen-bond donors (Lipinski definition) is 1. The Morgan fingerprint density at radius 3 is 2.26 bits per heavy atom. The van der Waals surface area contributed by atoms with Gasteiger partial charge < -0.3 is 9.72 Å². The fourth-order valence-electron chi connectivity index (χ4n) is 6.56. The molecule has 0 atom stereocenters. The van der Waals surface area contributed by atoms with Gasteiger partial charge in [-0.3, -0.25) is 13.9 Å². The summed E-state index contributed by atoms with van der Waals surface area (Å²) in [5.41, 5.74) is 2.00. The first-order valence-corrected chi connectivity index (χ1v) is 16.6. The second kappa shape index (κ2) is 13.7. The number of nitrogens with one attached hydrogen (secondary N) is 1. The van der Waals surface area contributed by atoms with Crippen LogP contribution in [0.4, 0.5) is 0 Å². The molecule has 2 saturated carbocycles. The number of carbonyl (C=O) groups excluding carboxylic acids is 1. The Hall–Kier alpha value is -3.72. The van der Waals surface area contributed by atoms with Crippen molar-refractivity contribution in [1.82, 2.24) is 19.1 Å². The number of ether oxygens (including phenoxy) is 1. The Morgan fingerprint density at radius 2 is 1.60 bits per heavy atom. The van der Waals surface area contributed by atoms with Crippen LogP contribution >= 0.6 is 11.3 Å². The number of thiophene rings is 1. The summed E-state index contributed by atoms with van der Waals surface area (Å²) in [6, 6.07) is 11.6. The van der Waals surface area contributed by atoms with Gasteiger partial charge >= 0.3 is 11.7 Å². The van der Waals surface area contributed by atoms with E-state index in [0.29, 0.717) is 54.9 Å². The summed E-state index contributed by atoms with van der Waals surface area (Å²) < 4.78 is 8.54. The van der Waals surface area contributed by atoms with Gasteiger partial charge in [-0.25, -0.2) is 14.6 Å². The maximum absolute atomic E-state index is 13.8. The molecular weight excluding hydrogens is 560 g/mol. The molecule has 6 rings (SSSR count). The fraction of sp³-hybridized carbons (Fsp3) is 0.471. The number of aromatic amines is 1. The number of benzene rings is 1. The maximum atomic E-state index is 13.8. The first-order chi connectivity index (χ1) is 21.0. The van der Waals surface area contributed by atoms with E-state index >= 15 is 0 Å². The molecule has 43 heavy (non-hydrogen) atoms. The third-order valence-corrected chi connectivity index (χ3v) is 9.90. The van der Waals surface area contributed by atoms with Gasteiger partial charge in [0.05, 0.1) is 6.61 Å². The number of nitrogens with zero attached hydrogens (tertiary/aromatic N) is 3. The molecule has 2 fully saturated rings. The molecule has 0 radical (unpaired) electrons. The quantitative estimate of drug-likeness (QED) is 0.164. The van der Waals surface area contributed by atoms with Gasteiger partial charge in [-0.1, -0.05) is 68.9 Å². The second-order valence-corrected chi connectivity index (χ2v) is 13.1. The van der Waals surface area contributed by atoms with E-state index in [0.717, 1.165) is 49.7 Å². The monoisotopic (exact) mass is 600 g/mol. The molecule has 0 spiro atoms. The molecule has 3 heterocycles. The minimum atomic E-state index is -0.377. The minimum Gasteiger partial charge on any atom is -0.462 e. The molecule has 0 amide bonds. The molecule has 1 N–H and O–H groups in total. The topological polar surface area (TPSA) is 99.0 Å². The summed E-state index contributed by atoms with van der Waals surface area (Å²) in [5.74, 6) is 0.964. The summed E-state index contributed by atoms with van der Waals surface area (Å²) in [6.45, 7) is 1.42. The third kappa shape index (κ3) is 7.09. The molecule has 1 aromatic carbocycles. The van der Waals surface area contributed by atoms with Crippen molar-refractivity contribution in [1.29, 1.82) is 0 Å². The summed E-state index contributed by atoms with van der Waals surface area (Å²) >= 11 is 1.65. The van der Waals surface area contributed by atoms with Crippen LogP contribution in [0, 0.1) is 11.8 Å². The zero-order chi connectivity index (χ0) is 29.6. The standard InChI is InChI=1S/C34H40N4O4S/c39-29(42-20-19-28-12-7-21-43-28)18-15-24-13-16-27(17-14-24)31-35-30-32(36-31)37(22-25-8-3-1-4-9-25)34(41)38(33(30)40)23-26-10-5-2-6-11-26/h7,12-18,21,25-26H,1-6,8-11,19-20,22-23H2,(H,35,36)/b18-15+. The van der Waals surface area contributed by atoms with Crippen molar-refractivity contribution >= 4 is 34.5 Å². The van der Waals surface area contributed by atoms with E-state index in [1.165, 1.54) is 41.2 Å². The Morgan fingerprint density at radius 1 is 0.930 bits per heavy atom. The number of hydrogen-bond acceptors (Lipinski definition) is 6. The van der Waals surface area contributed by atoms with E-state index in [1.807, 2.05) is 41.8 Å². The highest BCUT2D eigenvalue weighted by atomic mass is 32.1. The lowest BCUT2D eigenvalue weighted by Gasteiger charge is -2.24. The summed E-state index contributed by atoms with van der Waals surface area (Å²) in [6.07, 6.45) is 15.4. The SMILES string of the molecule is O=C(/C=C/c1ccc(-c2nc3c([nH]2)c(=O)n(CC2CCCCC2)c(=O)n3CC2CCCCC2)cc1)OCCc1cccs1. The minimum absolute atomic E-state index is 0.227. The van der Waals surface area contributed by atoms with Gasteiger partial charge in [0, 0.05) is 36.0 Å². The molecular formula is C34H40N4O4S. The Kier molecular flexibility index (Phi) is 9.36. The van der Waals surface area contributed by atoms with Crippen molar-refractivity contribution in [3.05, 3.63) is 79.1 Å². The van der Waals surface area contributed by atoms with Crippen LogP contribution < -0.4 is 11.2 Å². The van der Waals surface area contributed by atoms with Gasteiger partial charge in [0.1, 0.15) is 11.3 Å². The highest BCUT2D eigenvalue weighted by Crippen LogP contribution is 2.27. The van der Waals surface area contributed by atoms with Crippen LogP contribution in [-0.2, 0) is 29.0 Å². The van der Waals surface area contributed by atoms with E-state index in [1.54, 1.807) is 22.0 Å². The summed E-state index contributed by atoms with van der Waals surface area (Å²) in [5, 5.41) is 2.01. The van der Waals surface area contributed by atoms with Gasteiger partial charge in [0.25, 0.3) is 5.56 Å². The lowest BCUT2D eigenvalue weighted by Crippen LogP contribution is -2.42. The molecule has 2 aliphatic carbocycles. The number of aromatic nitrogens is 4. The fourth-order valence-corrected chi connectivity index (χ4v) is 7.25. The molecule has 3 aromatic heterocycles. The van der Waals surface area contributed by atoms with Gasteiger partial charge in [-0.15, -0.1) is 11.3 Å². The lowest BCUT2D eigenvalue weighted by atomic mass is 9.89. The molecule has 226 valence electrons. The van der Waals surface area contributed by atoms with Crippen LogP contribution in [0.25, 0.3) is 28.6 Å². The Labute approximate surface area is 255 Å². The smallest absolute Gasteiger partial charge is 0.332 e. The summed E-state index contributed by atoms with van der Waals surface area (Å²) in [4.78, 5) is 48.9. The van der Waals surface area contributed by atoms with Crippen LogP contribution in [0.5, 0.6) is 0 Å². The van der Waals surface area contributed by atoms with Crippen molar-refractivity contribution in [2.45, 2.75) is 83.7 Å². The van der Waals surface area contributed by atoms with Crippen molar-refractivity contribution in [2.75, 3.05) is 6.61 Å². The van der Waals surface area contributed by atoms with Crippen molar-refractivity contribution in [3.63, 3.8) is 0 Å². The van der Waals surface area contributed by atoms with Crippen LogP contribution in [0.3, 0.4) is 0 Å². The second-order valence-electron chi connectivity index (χ2n) is 12.1. The van der Waals surface area contributed by atoms with Crippen molar-refractivity contribution < 1.29 is 9.53 Å². The molecule has 0 unspecified atom stereocenters. The van der Waals surface area contributed by atoms with Crippen molar-refractivity contribution in [2.24, 2.45) is 11.8 Å².